The van der Waals surface area contributed by atoms with Gasteiger partial charge in [-0.1, -0.05) is 24.6 Å². The number of hydrogen-bond acceptors (Lipinski definition) is 5. The van der Waals surface area contributed by atoms with Gasteiger partial charge in [-0.15, -0.1) is 0 Å². The zero-order valence-corrected chi connectivity index (χ0v) is 14.0. The van der Waals surface area contributed by atoms with E-state index in [0.717, 1.165) is 12.0 Å². The Morgan fingerprint density at radius 2 is 1.71 bits per heavy atom. The maximum atomic E-state index is 12.2. The molecule has 0 saturated heterocycles. The molecular weight excluding hydrogens is 308 g/mol. The molecule has 0 aliphatic carbocycles. The van der Waals surface area contributed by atoms with Crippen molar-refractivity contribution in [2.75, 3.05) is 13.7 Å². The highest BCUT2D eigenvalue weighted by Gasteiger charge is 2.16. The molecule has 24 heavy (non-hydrogen) atoms. The molecular formula is C19H20O5. The van der Waals surface area contributed by atoms with Crippen molar-refractivity contribution < 1.29 is 23.8 Å². The second kappa shape index (κ2) is 8.15. The van der Waals surface area contributed by atoms with Crippen LogP contribution in [-0.2, 0) is 4.74 Å². The Bertz CT molecular complexity index is 736. The van der Waals surface area contributed by atoms with Crippen molar-refractivity contribution in [3.05, 3.63) is 59.2 Å². The van der Waals surface area contributed by atoms with E-state index in [4.69, 9.17) is 14.2 Å². The highest BCUT2D eigenvalue weighted by molar-refractivity contribution is 5.93. The number of carbonyl (C=O) groups is 2. The molecule has 0 amide bonds. The number of carbonyl (C=O) groups excluding carboxylic acids is 2. The molecule has 0 heterocycles. The van der Waals surface area contributed by atoms with E-state index in [0.29, 0.717) is 23.5 Å². The summed E-state index contributed by atoms with van der Waals surface area (Å²) < 4.78 is 15.7. The smallest absolute Gasteiger partial charge is 0.343 e. The van der Waals surface area contributed by atoms with Crippen molar-refractivity contribution in [1.82, 2.24) is 0 Å². The minimum Gasteiger partial charge on any atom is -0.493 e. The number of hydrogen-bond donors (Lipinski definition) is 0. The molecule has 126 valence electrons. The summed E-state index contributed by atoms with van der Waals surface area (Å²) >= 11 is 0. The number of benzene rings is 2. The molecule has 2 aromatic carbocycles. The molecule has 0 aromatic heterocycles. The van der Waals surface area contributed by atoms with Crippen molar-refractivity contribution >= 4 is 11.9 Å². The van der Waals surface area contributed by atoms with E-state index in [9.17, 15) is 9.59 Å². The van der Waals surface area contributed by atoms with Gasteiger partial charge in [-0.2, -0.15) is 0 Å². The first-order valence-electron chi connectivity index (χ1n) is 7.69. The van der Waals surface area contributed by atoms with Gasteiger partial charge in [-0.05, 0) is 43.7 Å². The third-order valence-electron chi connectivity index (χ3n) is 3.29. The van der Waals surface area contributed by atoms with Gasteiger partial charge in [0.2, 0.25) is 0 Å². The Labute approximate surface area is 141 Å². The van der Waals surface area contributed by atoms with Crippen molar-refractivity contribution in [3.63, 3.8) is 0 Å². The number of ether oxygens (including phenoxy) is 3. The van der Waals surface area contributed by atoms with Crippen LogP contribution in [0.4, 0.5) is 0 Å². The van der Waals surface area contributed by atoms with Crippen LogP contribution in [0.1, 0.15) is 39.6 Å². The summed E-state index contributed by atoms with van der Waals surface area (Å²) in [6, 6.07) is 11.7. The van der Waals surface area contributed by atoms with E-state index >= 15 is 0 Å². The maximum Gasteiger partial charge on any atom is 0.343 e. The maximum absolute atomic E-state index is 12.2. The molecule has 0 saturated carbocycles. The van der Waals surface area contributed by atoms with Gasteiger partial charge in [0.25, 0.3) is 0 Å². The van der Waals surface area contributed by atoms with E-state index in [-0.39, 0.29) is 5.75 Å². The Balaban J connectivity index is 2.18. The summed E-state index contributed by atoms with van der Waals surface area (Å²) in [6.45, 7) is 4.17. The molecule has 5 nitrogen and oxygen atoms in total. The van der Waals surface area contributed by atoms with Crippen LogP contribution >= 0.6 is 0 Å². The summed E-state index contributed by atoms with van der Waals surface area (Å²) in [4.78, 5) is 24.1. The first-order chi connectivity index (χ1) is 11.5. The summed E-state index contributed by atoms with van der Waals surface area (Å²) in [5.74, 6) is -0.386. The van der Waals surface area contributed by atoms with Crippen molar-refractivity contribution in [2.24, 2.45) is 0 Å². The molecule has 0 N–H and O–H groups in total. The molecule has 5 heteroatoms. The summed E-state index contributed by atoms with van der Waals surface area (Å²) in [5.41, 5.74) is 1.75. The quantitative estimate of drug-likeness (QED) is 0.596. The fourth-order valence-corrected chi connectivity index (χ4v) is 2.09. The topological polar surface area (TPSA) is 61.8 Å². The van der Waals surface area contributed by atoms with Crippen LogP contribution in [0, 0.1) is 6.92 Å². The average molecular weight is 328 g/mol. The van der Waals surface area contributed by atoms with E-state index in [2.05, 4.69) is 0 Å². The normalized spacial score (nSPS) is 10.1. The van der Waals surface area contributed by atoms with Gasteiger partial charge in [0.1, 0.15) is 0 Å². The zero-order chi connectivity index (χ0) is 17.5. The molecule has 2 aromatic rings. The van der Waals surface area contributed by atoms with Crippen LogP contribution in [-0.4, -0.2) is 25.7 Å². The highest BCUT2D eigenvalue weighted by atomic mass is 16.6. The van der Waals surface area contributed by atoms with Crippen molar-refractivity contribution in [3.8, 4) is 11.5 Å². The van der Waals surface area contributed by atoms with Crippen molar-refractivity contribution in [2.45, 2.75) is 20.3 Å². The predicted octanol–water partition coefficient (Wildman–Crippen LogP) is 3.79. The SMILES string of the molecule is CCCOC(=O)c1ccc(OC(=O)c2cccc(C)c2)c(OC)c1. The van der Waals surface area contributed by atoms with Crippen molar-refractivity contribution in [1.29, 1.82) is 0 Å². The van der Waals surface area contributed by atoms with Gasteiger partial charge in [-0.3, -0.25) is 0 Å². The first-order valence-corrected chi connectivity index (χ1v) is 7.69. The van der Waals surface area contributed by atoms with Crippen LogP contribution in [0.5, 0.6) is 11.5 Å². The minimum absolute atomic E-state index is 0.246. The molecule has 0 aliphatic rings. The van der Waals surface area contributed by atoms with Gasteiger partial charge < -0.3 is 14.2 Å². The largest absolute Gasteiger partial charge is 0.493 e. The predicted molar refractivity (Wildman–Crippen MR) is 89.7 cm³/mol. The zero-order valence-electron chi connectivity index (χ0n) is 14.0. The fourth-order valence-electron chi connectivity index (χ4n) is 2.09. The van der Waals surface area contributed by atoms with Crippen LogP contribution in [0.15, 0.2) is 42.5 Å². The molecule has 0 spiro atoms. The lowest BCUT2D eigenvalue weighted by atomic mass is 10.1. The average Bonchev–Trinajstić information content (AvgIpc) is 2.59. The molecule has 0 bridgehead atoms. The summed E-state index contributed by atoms with van der Waals surface area (Å²) in [7, 11) is 1.44. The van der Waals surface area contributed by atoms with Gasteiger partial charge in [0, 0.05) is 0 Å². The molecule has 0 unspecified atom stereocenters. The van der Waals surface area contributed by atoms with Crippen LogP contribution in [0.3, 0.4) is 0 Å². The standard InChI is InChI=1S/C19H20O5/c1-4-10-23-18(20)15-8-9-16(17(12-15)22-3)24-19(21)14-7-5-6-13(2)11-14/h5-9,11-12H,4,10H2,1-3H3. The Hall–Kier alpha value is -2.82. The van der Waals surface area contributed by atoms with Crippen LogP contribution in [0.25, 0.3) is 0 Å². The van der Waals surface area contributed by atoms with Crippen LogP contribution in [0.2, 0.25) is 0 Å². The Kier molecular flexibility index (Phi) is 5.95. The molecule has 2 rings (SSSR count). The third-order valence-corrected chi connectivity index (χ3v) is 3.29. The van der Waals surface area contributed by atoms with Gasteiger partial charge >= 0.3 is 11.9 Å². The second-order valence-electron chi connectivity index (χ2n) is 5.26. The van der Waals surface area contributed by atoms with E-state index in [1.807, 2.05) is 19.9 Å². The van der Waals surface area contributed by atoms with Crippen LogP contribution < -0.4 is 9.47 Å². The third kappa shape index (κ3) is 4.35. The second-order valence-corrected chi connectivity index (χ2v) is 5.26. The van der Waals surface area contributed by atoms with Gasteiger partial charge in [-0.25, -0.2) is 9.59 Å². The minimum atomic E-state index is -0.488. The molecule has 0 fully saturated rings. The summed E-state index contributed by atoms with van der Waals surface area (Å²) in [5, 5.41) is 0. The van der Waals surface area contributed by atoms with Gasteiger partial charge in [0.05, 0.1) is 24.8 Å². The Morgan fingerprint density at radius 1 is 0.958 bits per heavy atom. The highest BCUT2D eigenvalue weighted by Crippen LogP contribution is 2.29. The molecule has 0 aliphatic heterocycles. The lowest BCUT2D eigenvalue weighted by Crippen LogP contribution is -2.10. The van der Waals surface area contributed by atoms with E-state index in [1.165, 1.54) is 19.2 Å². The lowest BCUT2D eigenvalue weighted by Gasteiger charge is -2.11. The molecule has 0 radical (unpaired) electrons. The summed E-state index contributed by atoms with van der Waals surface area (Å²) in [6.07, 6.45) is 0.745. The fraction of sp³-hybridized carbons (Fsp3) is 0.263. The number of rotatable bonds is 6. The number of aryl methyl sites for hydroxylation is 1. The Morgan fingerprint density at radius 3 is 2.38 bits per heavy atom. The first kappa shape index (κ1) is 17.5. The number of esters is 2. The number of methoxy groups -OCH3 is 1. The lowest BCUT2D eigenvalue weighted by molar-refractivity contribution is 0.0504. The van der Waals surface area contributed by atoms with E-state index < -0.39 is 11.9 Å². The monoisotopic (exact) mass is 328 g/mol. The van der Waals surface area contributed by atoms with E-state index in [1.54, 1.807) is 24.3 Å². The van der Waals surface area contributed by atoms with Gasteiger partial charge in [0.15, 0.2) is 11.5 Å². The molecule has 0 atom stereocenters.